The zero-order chi connectivity index (χ0) is 13.0. The number of nitrogens with two attached hydrogens (primary N) is 1. The normalized spacial score (nSPS) is 23.2. The molecule has 1 aromatic heterocycles. The number of hydrogen-bond donors (Lipinski definition) is 1. The fraction of sp³-hybridized carbons (Fsp3) is 0.714. The number of furan rings is 1. The second-order valence-corrected chi connectivity index (χ2v) is 5.85. The fourth-order valence-electron chi connectivity index (χ4n) is 3.00. The van der Waals surface area contributed by atoms with Crippen LogP contribution in [0.15, 0.2) is 21.2 Å². The highest BCUT2D eigenvalue weighted by Gasteiger charge is 2.30. The molecule has 3 nitrogen and oxygen atoms in total. The molecule has 0 amide bonds. The first-order valence-corrected chi connectivity index (χ1v) is 7.76. The summed E-state index contributed by atoms with van der Waals surface area (Å²) in [5.74, 6) is 0.993. The average Bonchev–Trinajstić information content (AvgIpc) is 2.79. The van der Waals surface area contributed by atoms with Gasteiger partial charge in [0.1, 0.15) is 5.76 Å². The molecule has 2 atom stereocenters. The summed E-state index contributed by atoms with van der Waals surface area (Å²) >= 11 is 3.37. The Morgan fingerprint density at radius 2 is 2.33 bits per heavy atom. The van der Waals surface area contributed by atoms with Gasteiger partial charge in [-0.1, -0.05) is 19.8 Å². The summed E-state index contributed by atoms with van der Waals surface area (Å²) in [5, 5.41) is 0. The molecule has 0 saturated carbocycles. The summed E-state index contributed by atoms with van der Waals surface area (Å²) in [6.45, 7) is 4.03. The van der Waals surface area contributed by atoms with Gasteiger partial charge in [0.2, 0.25) is 0 Å². The average molecular weight is 315 g/mol. The van der Waals surface area contributed by atoms with Crippen molar-refractivity contribution in [2.24, 2.45) is 5.73 Å². The first kappa shape index (κ1) is 14.1. The van der Waals surface area contributed by atoms with Crippen molar-refractivity contribution in [3.05, 3.63) is 22.6 Å². The van der Waals surface area contributed by atoms with Crippen molar-refractivity contribution in [1.29, 1.82) is 0 Å². The van der Waals surface area contributed by atoms with Gasteiger partial charge in [-0.25, -0.2) is 0 Å². The third kappa shape index (κ3) is 3.16. The molecule has 2 unspecified atom stereocenters. The highest BCUT2D eigenvalue weighted by molar-refractivity contribution is 9.10. The molecule has 18 heavy (non-hydrogen) atoms. The molecule has 4 heteroatoms. The van der Waals surface area contributed by atoms with Crippen molar-refractivity contribution in [2.75, 3.05) is 13.1 Å². The molecular formula is C14H23BrN2O. The van der Waals surface area contributed by atoms with Crippen LogP contribution in [0.3, 0.4) is 0 Å². The highest BCUT2D eigenvalue weighted by atomic mass is 79.9. The molecule has 2 heterocycles. The van der Waals surface area contributed by atoms with Gasteiger partial charge < -0.3 is 10.2 Å². The van der Waals surface area contributed by atoms with Crippen LogP contribution in [-0.2, 0) is 0 Å². The van der Waals surface area contributed by atoms with E-state index in [1.807, 2.05) is 12.1 Å². The third-order valence-electron chi connectivity index (χ3n) is 3.84. The van der Waals surface area contributed by atoms with Crippen LogP contribution in [-0.4, -0.2) is 24.0 Å². The molecule has 1 saturated heterocycles. The lowest BCUT2D eigenvalue weighted by Crippen LogP contribution is -2.44. The number of halogens is 1. The molecule has 1 aromatic rings. The molecule has 0 aromatic carbocycles. The second kappa shape index (κ2) is 6.73. The van der Waals surface area contributed by atoms with Crippen LogP contribution in [0.2, 0.25) is 0 Å². The summed E-state index contributed by atoms with van der Waals surface area (Å²) in [6, 6.07) is 4.89. The van der Waals surface area contributed by atoms with E-state index < -0.39 is 0 Å². The highest BCUT2D eigenvalue weighted by Crippen LogP contribution is 2.31. The van der Waals surface area contributed by atoms with Crippen molar-refractivity contribution in [3.63, 3.8) is 0 Å². The van der Waals surface area contributed by atoms with Gasteiger partial charge in [-0.2, -0.15) is 0 Å². The van der Waals surface area contributed by atoms with E-state index in [-0.39, 0.29) is 6.04 Å². The second-order valence-electron chi connectivity index (χ2n) is 5.07. The van der Waals surface area contributed by atoms with Gasteiger partial charge in [0.15, 0.2) is 4.67 Å². The van der Waals surface area contributed by atoms with Gasteiger partial charge in [-0.15, -0.1) is 0 Å². The first-order chi connectivity index (χ1) is 8.76. The minimum atomic E-state index is 0.230. The van der Waals surface area contributed by atoms with Crippen molar-refractivity contribution < 1.29 is 4.42 Å². The lowest BCUT2D eigenvalue weighted by Gasteiger charge is -2.40. The standard InChI is InChI=1S/C14H23BrN2O/c1-2-5-11-6-3-4-9-17(11)12(10-16)13-7-8-14(15)18-13/h7-8,11-12H,2-6,9-10,16H2,1H3. The molecule has 1 aliphatic rings. The van der Waals surface area contributed by atoms with E-state index in [9.17, 15) is 0 Å². The van der Waals surface area contributed by atoms with Crippen molar-refractivity contribution in [3.8, 4) is 0 Å². The van der Waals surface area contributed by atoms with Crippen molar-refractivity contribution >= 4 is 15.9 Å². The monoisotopic (exact) mass is 314 g/mol. The topological polar surface area (TPSA) is 42.4 Å². The molecular weight excluding hydrogens is 292 g/mol. The summed E-state index contributed by atoms with van der Waals surface area (Å²) in [7, 11) is 0. The smallest absolute Gasteiger partial charge is 0.169 e. The molecule has 1 aliphatic heterocycles. The van der Waals surface area contributed by atoms with Gasteiger partial charge in [0.25, 0.3) is 0 Å². The predicted octanol–water partition coefficient (Wildman–Crippen LogP) is 3.70. The molecule has 0 bridgehead atoms. The van der Waals surface area contributed by atoms with Crippen molar-refractivity contribution in [1.82, 2.24) is 4.90 Å². The molecule has 0 spiro atoms. The fourth-order valence-corrected chi connectivity index (χ4v) is 3.32. The van der Waals surface area contributed by atoms with E-state index in [2.05, 4.69) is 27.8 Å². The Bertz CT molecular complexity index is 364. The number of nitrogens with zero attached hydrogens (tertiary/aromatic N) is 1. The summed E-state index contributed by atoms with van der Waals surface area (Å²) in [5.41, 5.74) is 5.99. The van der Waals surface area contributed by atoms with Gasteiger partial charge in [0.05, 0.1) is 6.04 Å². The molecule has 0 radical (unpaired) electrons. The molecule has 1 fully saturated rings. The maximum Gasteiger partial charge on any atom is 0.169 e. The number of likely N-dealkylation sites (tertiary alicyclic amines) is 1. The van der Waals surface area contributed by atoms with Crippen LogP contribution < -0.4 is 5.73 Å². The lowest BCUT2D eigenvalue weighted by molar-refractivity contribution is 0.0795. The SMILES string of the molecule is CCCC1CCCCN1C(CN)c1ccc(Br)o1. The quantitative estimate of drug-likeness (QED) is 0.901. The lowest BCUT2D eigenvalue weighted by atomic mass is 9.95. The molecule has 2 rings (SSSR count). The Hall–Kier alpha value is -0.320. The van der Waals surface area contributed by atoms with Crippen LogP contribution in [0.5, 0.6) is 0 Å². The zero-order valence-corrected chi connectivity index (χ0v) is 12.7. The maximum absolute atomic E-state index is 5.99. The zero-order valence-electron chi connectivity index (χ0n) is 11.1. The Morgan fingerprint density at radius 3 is 2.94 bits per heavy atom. The van der Waals surface area contributed by atoms with Gasteiger partial charge in [0, 0.05) is 12.6 Å². The molecule has 102 valence electrons. The number of piperidine rings is 1. The van der Waals surface area contributed by atoms with Gasteiger partial charge in [-0.3, -0.25) is 4.90 Å². The summed E-state index contributed by atoms with van der Waals surface area (Å²) in [4.78, 5) is 2.55. The predicted molar refractivity (Wildman–Crippen MR) is 77.5 cm³/mol. The van der Waals surface area contributed by atoms with Crippen LogP contribution in [0.4, 0.5) is 0 Å². The maximum atomic E-state index is 5.99. The van der Waals surface area contributed by atoms with E-state index in [4.69, 9.17) is 10.2 Å². The Morgan fingerprint density at radius 1 is 1.50 bits per heavy atom. The number of rotatable bonds is 5. The minimum Gasteiger partial charge on any atom is -0.453 e. The minimum absolute atomic E-state index is 0.230. The van der Waals surface area contributed by atoms with E-state index in [0.29, 0.717) is 12.6 Å². The Kier molecular flexibility index (Phi) is 5.27. The van der Waals surface area contributed by atoms with E-state index >= 15 is 0 Å². The van der Waals surface area contributed by atoms with Crippen LogP contribution >= 0.6 is 15.9 Å². The van der Waals surface area contributed by atoms with Crippen LogP contribution in [0.25, 0.3) is 0 Å². The van der Waals surface area contributed by atoms with Crippen LogP contribution in [0, 0.1) is 0 Å². The largest absolute Gasteiger partial charge is 0.453 e. The Balaban J connectivity index is 2.14. The summed E-state index contributed by atoms with van der Waals surface area (Å²) in [6.07, 6.45) is 6.42. The van der Waals surface area contributed by atoms with Crippen LogP contribution in [0.1, 0.15) is 50.8 Å². The van der Waals surface area contributed by atoms with Crippen molar-refractivity contribution in [2.45, 2.75) is 51.1 Å². The third-order valence-corrected chi connectivity index (χ3v) is 4.27. The van der Waals surface area contributed by atoms with Gasteiger partial charge >= 0.3 is 0 Å². The Labute approximate surface area is 118 Å². The molecule has 2 N–H and O–H groups in total. The summed E-state index contributed by atoms with van der Waals surface area (Å²) < 4.78 is 6.50. The number of hydrogen-bond acceptors (Lipinski definition) is 3. The van der Waals surface area contributed by atoms with E-state index in [1.54, 1.807) is 0 Å². The first-order valence-electron chi connectivity index (χ1n) is 6.97. The van der Waals surface area contributed by atoms with E-state index in [0.717, 1.165) is 17.0 Å². The van der Waals surface area contributed by atoms with Gasteiger partial charge in [-0.05, 0) is 53.9 Å². The van der Waals surface area contributed by atoms with E-state index in [1.165, 1.54) is 32.1 Å². The molecule has 0 aliphatic carbocycles.